The van der Waals surface area contributed by atoms with Crippen molar-refractivity contribution in [1.29, 1.82) is 0 Å². The Hall–Kier alpha value is -5.20. The van der Waals surface area contributed by atoms with E-state index >= 15 is 0 Å². The van der Waals surface area contributed by atoms with Crippen LogP contribution < -0.4 is 0 Å². The first-order chi connectivity index (χ1) is 19.8. The van der Waals surface area contributed by atoms with Gasteiger partial charge in [0.2, 0.25) is 0 Å². The molecule has 1 radical (unpaired) electrons. The van der Waals surface area contributed by atoms with E-state index in [0.29, 0.717) is 0 Å². The lowest BCUT2D eigenvalue weighted by molar-refractivity contribution is 1.62. The minimum absolute atomic E-state index is 1.13. The second kappa shape index (κ2) is 9.22. The van der Waals surface area contributed by atoms with Crippen LogP contribution in [0, 0.1) is 6.07 Å². The highest BCUT2D eigenvalue weighted by molar-refractivity contribution is 6.16. The highest BCUT2D eigenvalue weighted by Gasteiger charge is 2.19. The van der Waals surface area contributed by atoms with Crippen LogP contribution in [-0.4, -0.2) is 0 Å². The summed E-state index contributed by atoms with van der Waals surface area (Å²) in [5.74, 6) is 0. The Balaban J connectivity index is 1.54. The molecule has 0 unspecified atom stereocenters. The van der Waals surface area contributed by atoms with E-state index in [-0.39, 0.29) is 0 Å². The maximum Gasteiger partial charge on any atom is -0.0000933 e. The van der Waals surface area contributed by atoms with Gasteiger partial charge >= 0.3 is 0 Å². The van der Waals surface area contributed by atoms with E-state index in [1.54, 1.807) is 0 Å². The summed E-state index contributed by atoms with van der Waals surface area (Å²) in [5.41, 5.74) is 7.11. The van der Waals surface area contributed by atoms with E-state index in [2.05, 4.69) is 158 Å². The summed E-state index contributed by atoms with van der Waals surface area (Å²) in [7, 11) is 0. The molecule has 8 aromatic rings. The highest BCUT2D eigenvalue weighted by atomic mass is 14.2. The molecule has 185 valence electrons. The van der Waals surface area contributed by atoms with E-state index in [4.69, 9.17) is 0 Å². The van der Waals surface area contributed by atoms with Crippen LogP contribution in [-0.2, 0) is 0 Å². The van der Waals surface area contributed by atoms with Crippen molar-refractivity contribution in [3.8, 4) is 33.4 Å². The fourth-order valence-electron chi connectivity index (χ4n) is 6.25. The van der Waals surface area contributed by atoms with E-state index in [0.717, 1.165) is 11.1 Å². The lowest BCUT2D eigenvalue weighted by Crippen LogP contribution is -1.94. The standard InChI is InChI=1S/C40H25/c1-2-14-30-25-31(24-23-27(30)11-1)38-26-39(34-21-9-15-28-12-3-5-17-32(28)34)35-19-7-8-20-37(35)40(38)36-22-10-16-29-13-4-6-18-33(29)36/h1-25H. The molecule has 0 nitrogen and oxygen atoms in total. The van der Waals surface area contributed by atoms with Gasteiger partial charge in [-0.25, -0.2) is 0 Å². The molecule has 0 amide bonds. The van der Waals surface area contributed by atoms with Gasteiger partial charge in [-0.1, -0.05) is 146 Å². The molecule has 0 fully saturated rings. The summed E-state index contributed by atoms with van der Waals surface area (Å²) in [6, 6.07) is 58.8. The first-order valence-corrected chi connectivity index (χ1v) is 13.8. The van der Waals surface area contributed by atoms with Gasteiger partial charge in [-0.15, -0.1) is 0 Å². The maximum absolute atomic E-state index is 4.01. The van der Waals surface area contributed by atoms with Crippen molar-refractivity contribution in [1.82, 2.24) is 0 Å². The number of benzene rings is 8. The second-order valence-corrected chi connectivity index (χ2v) is 10.4. The monoisotopic (exact) mass is 505 g/mol. The summed E-state index contributed by atoms with van der Waals surface area (Å²) in [4.78, 5) is 0. The molecule has 40 heavy (non-hydrogen) atoms. The minimum Gasteiger partial charge on any atom is -0.0616 e. The van der Waals surface area contributed by atoms with Gasteiger partial charge in [0.25, 0.3) is 0 Å². The molecule has 0 aromatic heterocycles. The Labute approximate surface area is 233 Å². The SMILES string of the molecule is [c]1c(-c2ccc3ccccc3c2)c(-c2cccc3ccccc23)c2ccccc2c1-c1cccc2ccccc12. The maximum atomic E-state index is 4.01. The Morgan fingerprint density at radius 3 is 1.57 bits per heavy atom. The molecule has 0 bridgehead atoms. The lowest BCUT2D eigenvalue weighted by atomic mass is 9.83. The third kappa shape index (κ3) is 3.61. The smallest absolute Gasteiger partial charge is 0.0000933 e. The Morgan fingerprint density at radius 1 is 0.325 bits per heavy atom. The summed E-state index contributed by atoms with van der Waals surface area (Å²) < 4.78 is 0. The molecular weight excluding hydrogens is 480 g/mol. The van der Waals surface area contributed by atoms with Gasteiger partial charge in [-0.05, 0) is 88.6 Å². The molecule has 8 rings (SSSR count). The van der Waals surface area contributed by atoms with Gasteiger partial charge in [-0.2, -0.15) is 0 Å². The van der Waals surface area contributed by atoms with Gasteiger partial charge in [0.1, 0.15) is 0 Å². The van der Waals surface area contributed by atoms with E-state index in [1.165, 1.54) is 65.3 Å². The third-order valence-corrected chi connectivity index (χ3v) is 8.12. The summed E-state index contributed by atoms with van der Waals surface area (Å²) >= 11 is 0. The van der Waals surface area contributed by atoms with Crippen LogP contribution >= 0.6 is 0 Å². The Bertz CT molecular complexity index is 2210. The quantitative estimate of drug-likeness (QED) is 0.224. The summed E-state index contributed by atoms with van der Waals surface area (Å²) in [5, 5.41) is 9.91. The number of fused-ring (bicyclic) bond motifs is 4. The first-order valence-electron chi connectivity index (χ1n) is 13.8. The number of rotatable bonds is 3. The van der Waals surface area contributed by atoms with Crippen LogP contribution in [0.25, 0.3) is 76.5 Å². The van der Waals surface area contributed by atoms with E-state index in [1.807, 2.05) is 0 Å². The van der Waals surface area contributed by atoms with Gasteiger partial charge < -0.3 is 0 Å². The summed E-state index contributed by atoms with van der Waals surface area (Å²) in [6.45, 7) is 0. The minimum atomic E-state index is 1.13. The predicted molar refractivity (Wildman–Crippen MR) is 172 cm³/mol. The van der Waals surface area contributed by atoms with Crippen molar-refractivity contribution in [3.63, 3.8) is 0 Å². The zero-order valence-electron chi connectivity index (χ0n) is 21.9. The predicted octanol–water partition coefficient (Wildman–Crippen LogP) is 11.1. The van der Waals surface area contributed by atoms with Crippen LogP contribution in [0.2, 0.25) is 0 Å². The van der Waals surface area contributed by atoms with Crippen molar-refractivity contribution in [2.75, 3.05) is 0 Å². The molecule has 0 saturated carbocycles. The van der Waals surface area contributed by atoms with Gasteiger partial charge in [0.05, 0.1) is 0 Å². The zero-order chi connectivity index (χ0) is 26.5. The number of hydrogen-bond donors (Lipinski definition) is 0. The molecular formula is C40H25. The van der Waals surface area contributed by atoms with Crippen LogP contribution in [0.3, 0.4) is 0 Å². The van der Waals surface area contributed by atoms with Crippen molar-refractivity contribution < 1.29 is 0 Å². The van der Waals surface area contributed by atoms with Crippen LogP contribution in [0.1, 0.15) is 0 Å². The molecule has 0 atom stereocenters. The third-order valence-electron chi connectivity index (χ3n) is 8.12. The molecule has 0 heteroatoms. The Kier molecular flexibility index (Phi) is 5.24. The first kappa shape index (κ1) is 22.8. The Morgan fingerprint density at radius 2 is 0.850 bits per heavy atom. The molecule has 0 aliphatic heterocycles. The lowest BCUT2D eigenvalue weighted by Gasteiger charge is -2.20. The fourth-order valence-corrected chi connectivity index (χ4v) is 6.25. The summed E-state index contributed by atoms with van der Waals surface area (Å²) in [6.07, 6.45) is 0. The van der Waals surface area contributed by atoms with Crippen molar-refractivity contribution in [2.24, 2.45) is 0 Å². The second-order valence-electron chi connectivity index (χ2n) is 10.4. The van der Waals surface area contributed by atoms with Crippen molar-refractivity contribution in [2.45, 2.75) is 0 Å². The molecule has 0 heterocycles. The van der Waals surface area contributed by atoms with Crippen LogP contribution in [0.15, 0.2) is 152 Å². The molecule has 0 N–H and O–H groups in total. The van der Waals surface area contributed by atoms with Gasteiger partial charge in [-0.3, -0.25) is 0 Å². The van der Waals surface area contributed by atoms with Gasteiger partial charge in [0, 0.05) is 0 Å². The molecule has 0 aliphatic rings. The van der Waals surface area contributed by atoms with Gasteiger partial charge in [0.15, 0.2) is 0 Å². The molecule has 0 aliphatic carbocycles. The topological polar surface area (TPSA) is 0 Å². The van der Waals surface area contributed by atoms with Crippen LogP contribution in [0.5, 0.6) is 0 Å². The van der Waals surface area contributed by atoms with E-state index < -0.39 is 0 Å². The average molecular weight is 506 g/mol. The molecule has 0 saturated heterocycles. The largest absolute Gasteiger partial charge is 0.0616 e. The average Bonchev–Trinajstić information content (AvgIpc) is 3.03. The van der Waals surface area contributed by atoms with Crippen molar-refractivity contribution >= 4 is 43.1 Å². The highest BCUT2D eigenvalue weighted by Crippen LogP contribution is 2.46. The molecule has 8 aromatic carbocycles. The molecule has 0 spiro atoms. The van der Waals surface area contributed by atoms with Crippen molar-refractivity contribution in [3.05, 3.63) is 158 Å². The van der Waals surface area contributed by atoms with E-state index in [9.17, 15) is 0 Å². The number of hydrogen-bond acceptors (Lipinski definition) is 0. The zero-order valence-corrected chi connectivity index (χ0v) is 21.9. The fraction of sp³-hybridized carbons (Fsp3) is 0. The van der Waals surface area contributed by atoms with Crippen LogP contribution in [0.4, 0.5) is 0 Å². The normalized spacial score (nSPS) is 11.5.